The summed E-state index contributed by atoms with van der Waals surface area (Å²) in [5, 5.41) is 3.16. The third-order valence-corrected chi connectivity index (χ3v) is 2.69. The monoisotopic (exact) mass is 251 g/mol. The van der Waals surface area contributed by atoms with E-state index >= 15 is 0 Å². The number of halogens is 2. The van der Waals surface area contributed by atoms with Gasteiger partial charge in [-0.15, -0.1) is 0 Å². The second kappa shape index (κ2) is 5.73. The molecule has 2 aromatic rings. The Bertz CT molecular complexity index is 523. The molecule has 0 saturated carbocycles. The zero-order valence-electron chi connectivity index (χ0n) is 10.2. The fraction of sp³-hybridized carbons (Fsp3) is 0.308. The standard InChI is InChI=1S/C13H15F2N3/c1-2-16-8-13-17-5-6-18(13)9-10-3-4-11(14)7-12(10)15/h3-7,16H,2,8-9H2,1H3. The van der Waals surface area contributed by atoms with Crippen LogP contribution in [0.15, 0.2) is 30.6 Å². The molecule has 0 unspecified atom stereocenters. The lowest BCUT2D eigenvalue weighted by Gasteiger charge is -2.09. The molecule has 0 aliphatic heterocycles. The molecule has 1 aromatic carbocycles. The molecule has 0 spiro atoms. The van der Waals surface area contributed by atoms with Crippen molar-refractivity contribution in [2.75, 3.05) is 6.54 Å². The summed E-state index contributed by atoms with van der Waals surface area (Å²) >= 11 is 0. The Morgan fingerprint density at radius 2 is 2.17 bits per heavy atom. The highest BCUT2D eigenvalue weighted by Crippen LogP contribution is 2.12. The van der Waals surface area contributed by atoms with Crippen LogP contribution in [0.2, 0.25) is 0 Å². The van der Waals surface area contributed by atoms with Crippen LogP contribution in [0.25, 0.3) is 0 Å². The Labute approximate surface area is 104 Å². The maximum absolute atomic E-state index is 13.5. The highest BCUT2D eigenvalue weighted by Gasteiger charge is 2.07. The number of hydrogen-bond acceptors (Lipinski definition) is 2. The van der Waals surface area contributed by atoms with Gasteiger partial charge in [0.25, 0.3) is 0 Å². The first-order valence-corrected chi connectivity index (χ1v) is 5.85. The summed E-state index contributed by atoms with van der Waals surface area (Å²) in [4.78, 5) is 4.20. The molecule has 3 nitrogen and oxygen atoms in total. The Morgan fingerprint density at radius 1 is 1.33 bits per heavy atom. The molecule has 1 heterocycles. The Balaban J connectivity index is 2.15. The highest BCUT2D eigenvalue weighted by molar-refractivity contribution is 5.19. The minimum atomic E-state index is -0.560. The molecule has 0 aliphatic rings. The van der Waals surface area contributed by atoms with Crippen molar-refractivity contribution < 1.29 is 8.78 Å². The number of hydrogen-bond donors (Lipinski definition) is 1. The predicted octanol–water partition coefficient (Wildman–Crippen LogP) is 2.32. The number of rotatable bonds is 5. The first-order valence-electron chi connectivity index (χ1n) is 5.85. The summed E-state index contributed by atoms with van der Waals surface area (Å²) in [5.74, 6) is -0.256. The Morgan fingerprint density at radius 3 is 2.89 bits per heavy atom. The van der Waals surface area contributed by atoms with Gasteiger partial charge in [0.15, 0.2) is 0 Å². The molecule has 18 heavy (non-hydrogen) atoms. The van der Waals surface area contributed by atoms with Gasteiger partial charge in [-0.25, -0.2) is 13.8 Å². The van der Waals surface area contributed by atoms with E-state index in [0.717, 1.165) is 18.4 Å². The van der Waals surface area contributed by atoms with Crippen molar-refractivity contribution in [3.63, 3.8) is 0 Å². The van der Waals surface area contributed by atoms with E-state index in [2.05, 4.69) is 10.3 Å². The molecular weight excluding hydrogens is 236 g/mol. The molecule has 96 valence electrons. The fourth-order valence-electron chi connectivity index (χ4n) is 1.72. The van der Waals surface area contributed by atoms with Crippen LogP contribution < -0.4 is 5.32 Å². The minimum absolute atomic E-state index is 0.354. The summed E-state index contributed by atoms with van der Waals surface area (Å²) in [6, 6.07) is 3.62. The predicted molar refractivity (Wildman–Crippen MR) is 65.1 cm³/mol. The van der Waals surface area contributed by atoms with Gasteiger partial charge < -0.3 is 9.88 Å². The zero-order valence-corrected chi connectivity index (χ0v) is 10.2. The van der Waals surface area contributed by atoms with Gasteiger partial charge in [0, 0.05) is 24.0 Å². The number of nitrogens with one attached hydrogen (secondary N) is 1. The van der Waals surface area contributed by atoms with Gasteiger partial charge in [-0.1, -0.05) is 13.0 Å². The van der Waals surface area contributed by atoms with E-state index in [9.17, 15) is 8.78 Å². The Kier molecular flexibility index (Phi) is 4.04. The van der Waals surface area contributed by atoms with Crippen LogP contribution in [-0.4, -0.2) is 16.1 Å². The van der Waals surface area contributed by atoms with Crippen LogP contribution in [0.3, 0.4) is 0 Å². The second-order valence-electron chi connectivity index (χ2n) is 3.99. The quantitative estimate of drug-likeness (QED) is 0.883. The van der Waals surface area contributed by atoms with Crippen LogP contribution >= 0.6 is 0 Å². The third-order valence-electron chi connectivity index (χ3n) is 2.69. The number of benzene rings is 1. The lowest BCUT2D eigenvalue weighted by molar-refractivity contribution is 0.560. The van der Waals surface area contributed by atoms with Crippen LogP contribution in [0.4, 0.5) is 8.78 Å². The first kappa shape index (κ1) is 12.7. The number of aromatic nitrogens is 2. The molecule has 1 N–H and O–H groups in total. The SMILES string of the molecule is CCNCc1nccn1Cc1ccc(F)cc1F. The smallest absolute Gasteiger partial charge is 0.131 e. The molecule has 0 amide bonds. The van der Waals surface area contributed by atoms with Gasteiger partial charge in [-0.2, -0.15) is 0 Å². The van der Waals surface area contributed by atoms with Crippen LogP contribution in [-0.2, 0) is 13.1 Å². The molecule has 5 heteroatoms. The van der Waals surface area contributed by atoms with Gasteiger partial charge in [-0.05, 0) is 12.6 Å². The van der Waals surface area contributed by atoms with Crippen molar-refractivity contribution >= 4 is 0 Å². The molecule has 2 rings (SSSR count). The van der Waals surface area contributed by atoms with E-state index in [1.807, 2.05) is 11.5 Å². The van der Waals surface area contributed by atoms with Crippen LogP contribution in [0.1, 0.15) is 18.3 Å². The summed E-state index contributed by atoms with van der Waals surface area (Å²) in [6.07, 6.45) is 3.46. The topological polar surface area (TPSA) is 29.9 Å². The lowest BCUT2D eigenvalue weighted by Crippen LogP contribution is -2.16. The molecule has 0 radical (unpaired) electrons. The molecule has 0 bridgehead atoms. The maximum Gasteiger partial charge on any atom is 0.131 e. The normalized spacial score (nSPS) is 10.8. The van der Waals surface area contributed by atoms with Crippen molar-refractivity contribution in [2.45, 2.75) is 20.0 Å². The molecule has 1 aromatic heterocycles. The first-order chi connectivity index (χ1) is 8.70. The summed E-state index contributed by atoms with van der Waals surface area (Å²) in [5.41, 5.74) is 0.451. The van der Waals surface area contributed by atoms with Crippen molar-refractivity contribution in [1.29, 1.82) is 0 Å². The van der Waals surface area contributed by atoms with Crippen LogP contribution in [0.5, 0.6) is 0 Å². The highest BCUT2D eigenvalue weighted by atomic mass is 19.1. The maximum atomic E-state index is 13.5. The second-order valence-corrected chi connectivity index (χ2v) is 3.99. The molecule has 0 aliphatic carbocycles. The largest absolute Gasteiger partial charge is 0.329 e. The molecule has 0 fully saturated rings. The Hall–Kier alpha value is -1.75. The van der Waals surface area contributed by atoms with E-state index in [-0.39, 0.29) is 0 Å². The van der Waals surface area contributed by atoms with E-state index < -0.39 is 11.6 Å². The summed E-state index contributed by atoms with van der Waals surface area (Å²) < 4.78 is 28.2. The van der Waals surface area contributed by atoms with Crippen LogP contribution in [0, 0.1) is 11.6 Å². The van der Waals surface area contributed by atoms with Gasteiger partial charge in [0.2, 0.25) is 0 Å². The van der Waals surface area contributed by atoms with Crippen molar-refractivity contribution in [2.24, 2.45) is 0 Å². The van der Waals surface area contributed by atoms with Gasteiger partial charge in [-0.3, -0.25) is 0 Å². The van der Waals surface area contributed by atoms with Crippen molar-refractivity contribution in [3.8, 4) is 0 Å². The van der Waals surface area contributed by atoms with Crippen molar-refractivity contribution in [3.05, 3.63) is 53.6 Å². The fourth-order valence-corrected chi connectivity index (χ4v) is 1.72. The lowest BCUT2D eigenvalue weighted by atomic mass is 10.2. The molecular formula is C13H15F2N3. The average molecular weight is 251 g/mol. The zero-order chi connectivity index (χ0) is 13.0. The van der Waals surface area contributed by atoms with E-state index in [1.165, 1.54) is 12.1 Å². The number of nitrogens with zero attached hydrogens (tertiary/aromatic N) is 2. The average Bonchev–Trinajstić information content (AvgIpc) is 2.77. The molecule has 0 atom stereocenters. The summed E-state index contributed by atoms with van der Waals surface area (Å²) in [6.45, 7) is 3.84. The van der Waals surface area contributed by atoms with Gasteiger partial charge in [0.05, 0.1) is 13.1 Å². The van der Waals surface area contributed by atoms with E-state index in [0.29, 0.717) is 18.7 Å². The number of imidazole rings is 1. The minimum Gasteiger partial charge on any atom is -0.329 e. The molecule has 0 saturated heterocycles. The van der Waals surface area contributed by atoms with E-state index in [1.54, 1.807) is 12.4 Å². The van der Waals surface area contributed by atoms with Gasteiger partial charge in [0.1, 0.15) is 17.5 Å². The van der Waals surface area contributed by atoms with Crippen molar-refractivity contribution in [1.82, 2.24) is 14.9 Å². The third kappa shape index (κ3) is 2.92. The van der Waals surface area contributed by atoms with E-state index in [4.69, 9.17) is 0 Å². The van der Waals surface area contributed by atoms with Gasteiger partial charge >= 0.3 is 0 Å². The summed E-state index contributed by atoms with van der Waals surface area (Å²) in [7, 11) is 0.